The molecule has 0 heterocycles. The molecule has 0 unspecified atom stereocenters. The van der Waals surface area contributed by atoms with E-state index in [1.165, 1.54) is 0 Å². The van der Waals surface area contributed by atoms with Crippen LogP contribution in [0.3, 0.4) is 0 Å². The number of benzene rings is 1. The molecule has 0 aromatic heterocycles. The van der Waals surface area contributed by atoms with Gasteiger partial charge in [-0.1, -0.05) is 13.8 Å². The van der Waals surface area contributed by atoms with Gasteiger partial charge in [0, 0.05) is 12.2 Å². The zero-order valence-electron chi connectivity index (χ0n) is 11.8. The quantitative estimate of drug-likeness (QED) is 0.509. The second-order valence-corrected chi connectivity index (χ2v) is 4.67. The summed E-state index contributed by atoms with van der Waals surface area (Å²) in [7, 11) is 1.55. The van der Waals surface area contributed by atoms with Crippen molar-refractivity contribution in [3.8, 4) is 11.5 Å². The Morgan fingerprint density at radius 3 is 2.58 bits per heavy atom. The third kappa shape index (κ3) is 5.75. The highest BCUT2D eigenvalue weighted by atomic mass is 16.5. The smallest absolute Gasteiger partial charge is 0.161 e. The van der Waals surface area contributed by atoms with Gasteiger partial charge in [-0.05, 0) is 30.5 Å². The molecular formula is C15H22O4. The van der Waals surface area contributed by atoms with E-state index in [-0.39, 0.29) is 0 Å². The van der Waals surface area contributed by atoms with E-state index in [0.29, 0.717) is 36.2 Å². The second-order valence-electron chi connectivity index (χ2n) is 4.67. The first-order valence-corrected chi connectivity index (χ1v) is 6.51. The highest BCUT2D eigenvalue weighted by molar-refractivity contribution is 5.76. The predicted octanol–water partition coefficient (Wildman–Crippen LogP) is 2.95. The topological polar surface area (TPSA) is 44.8 Å². The fourth-order valence-electron chi connectivity index (χ4n) is 1.51. The van der Waals surface area contributed by atoms with Gasteiger partial charge in [-0.2, -0.15) is 0 Å². The monoisotopic (exact) mass is 266 g/mol. The van der Waals surface area contributed by atoms with Crippen LogP contribution in [-0.2, 0) is 4.74 Å². The number of hydrogen-bond donors (Lipinski definition) is 0. The number of hydrogen-bond acceptors (Lipinski definition) is 4. The molecule has 0 spiro atoms. The lowest BCUT2D eigenvalue weighted by Gasteiger charge is -2.11. The first-order valence-electron chi connectivity index (χ1n) is 6.51. The molecule has 0 aliphatic heterocycles. The van der Waals surface area contributed by atoms with Crippen LogP contribution in [-0.4, -0.2) is 33.2 Å². The lowest BCUT2D eigenvalue weighted by atomic mass is 10.1. The fraction of sp³-hybridized carbons (Fsp3) is 0.533. The van der Waals surface area contributed by atoms with Crippen molar-refractivity contribution < 1.29 is 19.0 Å². The minimum atomic E-state index is 0.467. The van der Waals surface area contributed by atoms with Gasteiger partial charge in [0.1, 0.15) is 12.9 Å². The maximum Gasteiger partial charge on any atom is 0.161 e. The van der Waals surface area contributed by atoms with Gasteiger partial charge in [0.2, 0.25) is 0 Å². The van der Waals surface area contributed by atoms with Crippen LogP contribution in [0, 0.1) is 5.92 Å². The van der Waals surface area contributed by atoms with E-state index in [9.17, 15) is 4.79 Å². The van der Waals surface area contributed by atoms with E-state index in [1.807, 2.05) is 0 Å². The molecule has 4 nitrogen and oxygen atoms in total. The summed E-state index contributed by atoms with van der Waals surface area (Å²) >= 11 is 0. The Morgan fingerprint density at radius 2 is 1.95 bits per heavy atom. The van der Waals surface area contributed by atoms with Gasteiger partial charge in [-0.3, -0.25) is 4.79 Å². The molecule has 0 fully saturated rings. The number of carbonyl (C=O) groups excluding carboxylic acids is 1. The van der Waals surface area contributed by atoms with Crippen LogP contribution in [0.25, 0.3) is 0 Å². The first kappa shape index (κ1) is 15.5. The van der Waals surface area contributed by atoms with Crippen LogP contribution >= 0.6 is 0 Å². The van der Waals surface area contributed by atoms with E-state index in [1.54, 1.807) is 25.3 Å². The summed E-state index contributed by atoms with van der Waals surface area (Å²) < 4.78 is 16.2. The molecule has 0 aliphatic rings. The standard InChI is InChI=1S/C15H22O4/c1-12(2)6-7-18-8-9-19-14-5-4-13(11-16)10-15(14)17-3/h4-5,10-12H,6-9H2,1-3H3. The molecule has 106 valence electrons. The van der Waals surface area contributed by atoms with Crippen molar-refractivity contribution in [1.82, 2.24) is 0 Å². The van der Waals surface area contributed by atoms with Gasteiger partial charge in [0.25, 0.3) is 0 Å². The lowest BCUT2D eigenvalue weighted by Crippen LogP contribution is -2.09. The third-order valence-corrected chi connectivity index (χ3v) is 2.65. The summed E-state index contributed by atoms with van der Waals surface area (Å²) in [5, 5.41) is 0. The maximum atomic E-state index is 10.7. The van der Waals surface area contributed by atoms with Crippen LogP contribution in [0.4, 0.5) is 0 Å². The Morgan fingerprint density at radius 1 is 1.16 bits per heavy atom. The van der Waals surface area contributed by atoms with Gasteiger partial charge >= 0.3 is 0 Å². The van der Waals surface area contributed by atoms with E-state index in [4.69, 9.17) is 14.2 Å². The number of carbonyl (C=O) groups is 1. The fourth-order valence-corrected chi connectivity index (χ4v) is 1.51. The summed E-state index contributed by atoms with van der Waals surface area (Å²) in [5.41, 5.74) is 0.567. The van der Waals surface area contributed by atoms with E-state index >= 15 is 0 Å². The summed E-state index contributed by atoms with van der Waals surface area (Å²) in [6, 6.07) is 5.09. The molecule has 4 heteroatoms. The van der Waals surface area contributed by atoms with Gasteiger partial charge < -0.3 is 14.2 Å². The van der Waals surface area contributed by atoms with Crippen LogP contribution < -0.4 is 9.47 Å². The van der Waals surface area contributed by atoms with Gasteiger partial charge in [0.15, 0.2) is 11.5 Å². The Labute approximate surface area is 114 Å². The molecule has 0 atom stereocenters. The molecule has 0 saturated carbocycles. The van der Waals surface area contributed by atoms with Crippen LogP contribution in [0.15, 0.2) is 18.2 Å². The van der Waals surface area contributed by atoms with E-state index in [2.05, 4.69) is 13.8 Å². The van der Waals surface area contributed by atoms with Crippen molar-refractivity contribution in [2.24, 2.45) is 5.92 Å². The van der Waals surface area contributed by atoms with E-state index < -0.39 is 0 Å². The Kier molecular flexibility index (Phi) is 6.97. The molecule has 1 aromatic carbocycles. The molecule has 0 bridgehead atoms. The number of rotatable bonds is 9. The number of ether oxygens (including phenoxy) is 3. The Bertz CT molecular complexity index is 388. The first-order chi connectivity index (χ1) is 9.17. The molecule has 1 rings (SSSR count). The van der Waals surface area contributed by atoms with Gasteiger partial charge in [0.05, 0.1) is 13.7 Å². The largest absolute Gasteiger partial charge is 0.493 e. The van der Waals surface area contributed by atoms with Crippen molar-refractivity contribution in [2.45, 2.75) is 20.3 Å². The average molecular weight is 266 g/mol. The molecule has 0 amide bonds. The Balaban J connectivity index is 2.34. The zero-order valence-corrected chi connectivity index (χ0v) is 11.8. The van der Waals surface area contributed by atoms with Gasteiger partial charge in [-0.25, -0.2) is 0 Å². The number of aldehydes is 1. The molecule has 0 N–H and O–H groups in total. The molecule has 0 saturated heterocycles. The zero-order chi connectivity index (χ0) is 14.1. The second kappa shape index (κ2) is 8.53. The van der Waals surface area contributed by atoms with Crippen molar-refractivity contribution in [2.75, 3.05) is 26.9 Å². The number of methoxy groups -OCH3 is 1. The summed E-state index contributed by atoms with van der Waals surface area (Å²) in [5.74, 6) is 1.84. The highest BCUT2D eigenvalue weighted by Gasteiger charge is 2.05. The molecule has 1 aromatic rings. The maximum absolute atomic E-state index is 10.7. The molecular weight excluding hydrogens is 244 g/mol. The minimum absolute atomic E-state index is 0.467. The highest BCUT2D eigenvalue weighted by Crippen LogP contribution is 2.27. The minimum Gasteiger partial charge on any atom is -0.493 e. The van der Waals surface area contributed by atoms with Crippen LogP contribution in [0.2, 0.25) is 0 Å². The van der Waals surface area contributed by atoms with Crippen molar-refractivity contribution in [1.29, 1.82) is 0 Å². The van der Waals surface area contributed by atoms with Gasteiger partial charge in [-0.15, -0.1) is 0 Å². The summed E-state index contributed by atoms with van der Waals surface area (Å²) in [6.45, 7) is 6.10. The molecule has 0 aliphatic carbocycles. The third-order valence-electron chi connectivity index (χ3n) is 2.65. The average Bonchev–Trinajstić information content (AvgIpc) is 2.42. The van der Waals surface area contributed by atoms with Crippen molar-refractivity contribution >= 4 is 6.29 Å². The van der Waals surface area contributed by atoms with Crippen LogP contribution in [0.1, 0.15) is 30.6 Å². The normalized spacial score (nSPS) is 10.5. The molecule has 0 radical (unpaired) electrons. The van der Waals surface area contributed by atoms with Crippen molar-refractivity contribution in [3.63, 3.8) is 0 Å². The van der Waals surface area contributed by atoms with Crippen molar-refractivity contribution in [3.05, 3.63) is 23.8 Å². The molecule has 19 heavy (non-hydrogen) atoms. The van der Waals surface area contributed by atoms with Crippen LogP contribution in [0.5, 0.6) is 11.5 Å². The van der Waals surface area contributed by atoms with E-state index in [0.717, 1.165) is 19.3 Å². The summed E-state index contributed by atoms with van der Waals surface area (Å²) in [4.78, 5) is 10.7. The SMILES string of the molecule is COc1cc(C=O)ccc1OCCOCCC(C)C. The summed E-state index contributed by atoms with van der Waals surface area (Å²) in [6.07, 6.45) is 1.83. The lowest BCUT2D eigenvalue weighted by molar-refractivity contribution is 0.0916. The Hall–Kier alpha value is -1.55. The predicted molar refractivity (Wildman–Crippen MR) is 74.2 cm³/mol.